The van der Waals surface area contributed by atoms with Crippen molar-refractivity contribution >= 4 is 21.6 Å². The fourth-order valence-electron chi connectivity index (χ4n) is 2.66. The van der Waals surface area contributed by atoms with E-state index in [1.165, 1.54) is 0 Å². The minimum absolute atomic E-state index is 0.238. The van der Waals surface area contributed by atoms with Gasteiger partial charge in [-0.15, -0.1) is 0 Å². The van der Waals surface area contributed by atoms with E-state index < -0.39 is 10.0 Å². The van der Waals surface area contributed by atoms with E-state index in [2.05, 4.69) is 10.0 Å². The van der Waals surface area contributed by atoms with E-state index in [-0.39, 0.29) is 23.2 Å². The molecule has 1 heterocycles. The molecule has 8 heteroatoms. The molecule has 138 valence electrons. The van der Waals surface area contributed by atoms with Gasteiger partial charge < -0.3 is 14.8 Å². The van der Waals surface area contributed by atoms with Gasteiger partial charge in [0.1, 0.15) is 13.2 Å². The molecule has 0 aromatic heterocycles. The third-order valence-corrected chi connectivity index (χ3v) is 4.47. The zero-order valence-corrected chi connectivity index (χ0v) is 15.3. The van der Waals surface area contributed by atoms with Gasteiger partial charge in [0.05, 0.1) is 23.5 Å². The summed E-state index contributed by atoms with van der Waals surface area (Å²) in [7, 11) is -3.48. The minimum Gasteiger partial charge on any atom is -0.486 e. The monoisotopic (exact) mass is 376 g/mol. The van der Waals surface area contributed by atoms with Crippen LogP contribution in [0.4, 0.5) is 5.69 Å². The van der Waals surface area contributed by atoms with E-state index in [1.807, 2.05) is 25.1 Å². The molecule has 1 aliphatic heterocycles. The smallest absolute Gasteiger partial charge is 0.253 e. The van der Waals surface area contributed by atoms with Crippen LogP contribution in [0.1, 0.15) is 28.9 Å². The van der Waals surface area contributed by atoms with E-state index in [9.17, 15) is 13.2 Å². The minimum atomic E-state index is -3.48. The molecular formula is C18H20N2O5S. The largest absolute Gasteiger partial charge is 0.486 e. The summed E-state index contributed by atoms with van der Waals surface area (Å²) in [6.07, 6.45) is 1.04. The molecule has 2 aromatic carbocycles. The first kappa shape index (κ1) is 18.1. The van der Waals surface area contributed by atoms with E-state index in [0.717, 1.165) is 11.8 Å². The summed E-state index contributed by atoms with van der Waals surface area (Å²) in [5.74, 6) is 0.953. The molecule has 1 amide bonds. The summed E-state index contributed by atoms with van der Waals surface area (Å²) in [4.78, 5) is 12.6. The zero-order chi connectivity index (χ0) is 18.7. The van der Waals surface area contributed by atoms with Crippen LogP contribution >= 0.6 is 0 Å². The van der Waals surface area contributed by atoms with Crippen LogP contribution in [0.3, 0.4) is 0 Å². The van der Waals surface area contributed by atoms with Crippen LogP contribution in [-0.2, 0) is 10.0 Å². The van der Waals surface area contributed by atoms with Crippen LogP contribution in [0.15, 0.2) is 42.5 Å². The van der Waals surface area contributed by atoms with Crippen molar-refractivity contribution in [3.05, 3.63) is 53.6 Å². The van der Waals surface area contributed by atoms with E-state index in [4.69, 9.17) is 9.47 Å². The molecule has 1 unspecified atom stereocenters. The quantitative estimate of drug-likeness (QED) is 0.835. The van der Waals surface area contributed by atoms with Gasteiger partial charge in [-0.1, -0.05) is 18.2 Å². The van der Waals surface area contributed by atoms with Crippen LogP contribution in [0.2, 0.25) is 0 Å². The fraction of sp³-hybridized carbons (Fsp3) is 0.278. The number of para-hydroxylation sites is 1. The molecule has 0 radical (unpaired) electrons. The van der Waals surface area contributed by atoms with Crippen LogP contribution in [0, 0.1) is 0 Å². The molecule has 1 aliphatic rings. The standard InChI is InChI=1S/C18H20N2O5S/c1-12(13-7-8-16-17(11-13)25-10-9-24-16)19-18(21)14-5-3-4-6-15(14)20-26(2,22)23/h3-8,11-12,20H,9-10H2,1-2H3,(H,19,21). The second-order valence-corrected chi connectivity index (χ2v) is 7.77. The highest BCUT2D eigenvalue weighted by molar-refractivity contribution is 7.92. The number of rotatable bonds is 5. The number of hydrogen-bond donors (Lipinski definition) is 2. The Morgan fingerprint density at radius 1 is 1.08 bits per heavy atom. The highest BCUT2D eigenvalue weighted by atomic mass is 32.2. The Kier molecular flexibility index (Phi) is 5.03. The number of fused-ring (bicyclic) bond motifs is 1. The lowest BCUT2D eigenvalue weighted by Gasteiger charge is -2.21. The van der Waals surface area contributed by atoms with Gasteiger partial charge in [0, 0.05) is 0 Å². The molecular weight excluding hydrogens is 356 g/mol. The van der Waals surface area contributed by atoms with Gasteiger partial charge in [0.2, 0.25) is 10.0 Å². The number of carbonyl (C=O) groups excluding carboxylic acids is 1. The third kappa shape index (κ3) is 4.26. The number of nitrogens with one attached hydrogen (secondary N) is 2. The lowest BCUT2D eigenvalue weighted by molar-refractivity contribution is 0.0940. The fourth-order valence-corrected chi connectivity index (χ4v) is 3.23. The topological polar surface area (TPSA) is 93.7 Å². The number of benzene rings is 2. The highest BCUT2D eigenvalue weighted by Gasteiger charge is 2.18. The average molecular weight is 376 g/mol. The van der Waals surface area contributed by atoms with E-state index in [1.54, 1.807) is 24.3 Å². The molecule has 3 rings (SSSR count). The number of ether oxygens (including phenoxy) is 2. The Bertz CT molecular complexity index is 927. The van der Waals surface area contributed by atoms with Crippen molar-refractivity contribution in [2.75, 3.05) is 24.2 Å². The van der Waals surface area contributed by atoms with E-state index >= 15 is 0 Å². The molecule has 0 spiro atoms. The van der Waals surface area contributed by atoms with Gasteiger partial charge >= 0.3 is 0 Å². The lowest BCUT2D eigenvalue weighted by atomic mass is 10.1. The summed E-state index contributed by atoms with van der Waals surface area (Å²) in [5, 5.41) is 2.88. The first-order valence-electron chi connectivity index (χ1n) is 8.11. The molecule has 0 saturated heterocycles. The predicted octanol–water partition coefficient (Wildman–Crippen LogP) is 2.32. The van der Waals surface area contributed by atoms with Crippen molar-refractivity contribution in [3.8, 4) is 11.5 Å². The maximum atomic E-state index is 12.6. The second-order valence-electron chi connectivity index (χ2n) is 6.02. The summed E-state index contributed by atoms with van der Waals surface area (Å²) in [5.41, 5.74) is 1.35. The van der Waals surface area contributed by atoms with Crippen LogP contribution in [-0.4, -0.2) is 33.8 Å². The number of anilines is 1. The first-order chi connectivity index (χ1) is 12.3. The van der Waals surface area contributed by atoms with Gasteiger partial charge in [-0.3, -0.25) is 9.52 Å². The van der Waals surface area contributed by atoms with Gasteiger partial charge in [-0.05, 0) is 36.8 Å². The maximum Gasteiger partial charge on any atom is 0.253 e. The van der Waals surface area contributed by atoms with E-state index in [0.29, 0.717) is 24.7 Å². The summed E-state index contributed by atoms with van der Waals surface area (Å²) < 4.78 is 36.4. The van der Waals surface area contributed by atoms with Gasteiger partial charge in [-0.2, -0.15) is 0 Å². The molecule has 7 nitrogen and oxygen atoms in total. The van der Waals surface area contributed by atoms with Crippen LogP contribution < -0.4 is 19.5 Å². The van der Waals surface area contributed by atoms with Crippen molar-refractivity contribution < 1.29 is 22.7 Å². The Morgan fingerprint density at radius 2 is 1.77 bits per heavy atom. The SMILES string of the molecule is CC(NC(=O)c1ccccc1NS(C)(=O)=O)c1ccc2c(c1)OCCO2. The van der Waals surface area contributed by atoms with Crippen molar-refractivity contribution in [1.29, 1.82) is 0 Å². The summed E-state index contributed by atoms with van der Waals surface area (Å²) >= 11 is 0. The van der Waals surface area contributed by atoms with Gasteiger partial charge in [0.25, 0.3) is 5.91 Å². The first-order valence-corrected chi connectivity index (χ1v) is 10.00. The van der Waals surface area contributed by atoms with Crippen molar-refractivity contribution in [2.45, 2.75) is 13.0 Å². The van der Waals surface area contributed by atoms with Gasteiger partial charge in [-0.25, -0.2) is 8.42 Å². The molecule has 2 N–H and O–H groups in total. The molecule has 0 aliphatic carbocycles. The molecule has 0 saturated carbocycles. The van der Waals surface area contributed by atoms with Crippen molar-refractivity contribution in [3.63, 3.8) is 0 Å². The number of sulfonamides is 1. The Balaban J connectivity index is 1.78. The maximum absolute atomic E-state index is 12.6. The molecule has 26 heavy (non-hydrogen) atoms. The van der Waals surface area contributed by atoms with Gasteiger partial charge in [0.15, 0.2) is 11.5 Å². The second kappa shape index (κ2) is 7.25. The molecule has 2 aromatic rings. The van der Waals surface area contributed by atoms with Crippen molar-refractivity contribution in [1.82, 2.24) is 5.32 Å². The summed E-state index contributed by atoms with van der Waals surface area (Å²) in [6, 6.07) is 11.7. The van der Waals surface area contributed by atoms with Crippen molar-refractivity contribution in [2.24, 2.45) is 0 Å². The highest BCUT2D eigenvalue weighted by Crippen LogP contribution is 2.32. The molecule has 0 bridgehead atoms. The average Bonchev–Trinajstić information content (AvgIpc) is 2.60. The number of amides is 1. The number of hydrogen-bond acceptors (Lipinski definition) is 5. The molecule has 1 atom stereocenters. The van der Waals surface area contributed by atoms with Crippen LogP contribution in [0.25, 0.3) is 0 Å². The normalized spacial score (nSPS) is 14.4. The predicted molar refractivity (Wildman–Crippen MR) is 98.2 cm³/mol. The Morgan fingerprint density at radius 3 is 2.50 bits per heavy atom. The molecule has 0 fully saturated rings. The number of carbonyl (C=O) groups is 1. The summed E-state index contributed by atoms with van der Waals surface area (Å²) in [6.45, 7) is 2.85. The zero-order valence-electron chi connectivity index (χ0n) is 14.5. The third-order valence-electron chi connectivity index (χ3n) is 3.88. The Labute approximate surface area is 152 Å². The Hall–Kier alpha value is -2.74. The van der Waals surface area contributed by atoms with Crippen LogP contribution in [0.5, 0.6) is 11.5 Å². The lowest BCUT2D eigenvalue weighted by Crippen LogP contribution is -2.28.